The van der Waals surface area contributed by atoms with Crippen molar-refractivity contribution in [1.82, 2.24) is 4.59 Å². The summed E-state index contributed by atoms with van der Waals surface area (Å²) in [6.45, 7) is 8.51. The summed E-state index contributed by atoms with van der Waals surface area (Å²) in [6, 6.07) is 6.46. The van der Waals surface area contributed by atoms with Crippen LogP contribution in [0.5, 0.6) is 0 Å². The van der Waals surface area contributed by atoms with E-state index in [0.717, 1.165) is 27.9 Å². The van der Waals surface area contributed by atoms with E-state index in [2.05, 4.69) is 54.9 Å². The first-order chi connectivity index (χ1) is 7.13. The first-order valence-corrected chi connectivity index (χ1v) is 6.16. The first-order valence-electron chi connectivity index (χ1n) is 5.37. The van der Waals surface area contributed by atoms with Crippen LogP contribution in [0.2, 0.25) is 0 Å². The molecule has 0 aromatic heterocycles. The molecule has 1 aromatic rings. The summed E-state index contributed by atoms with van der Waals surface area (Å²) in [6.07, 6.45) is 0. The number of halogens is 1. The fourth-order valence-corrected chi connectivity index (χ4v) is 2.62. The van der Waals surface area contributed by atoms with E-state index in [-0.39, 0.29) is 0 Å². The van der Waals surface area contributed by atoms with E-state index in [1.165, 1.54) is 11.3 Å². The van der Waals surface area contributed by atoms with Crippen LogP contribution in [0.3, 0.4) is 0 Å². The molecule has 0 bridgehead atoms. The molecule has 1 heterocycles. The molecule has 2 nitrogen and oxygen atoms in total. The normalized spacial score (nSPS) is 17.5. The molecule has 15 heavy (non-hydrogen) atoms. The Balaban J connectivity index is 2.62. The summed E-state index contributed by atoms with van der Waals surface area (Å²) < 4.78 is 1.87. The van der Waals surface area contributed by atoms with Crippen molar-refractivity contribution < 1.29 is 0 Å². The van der Waals surface area contributed by atoms with Gasteiger partial charge in [0, 0.05) is 10.5 Å². The van der Waals surface area contributed by atoms with Crippen LogP contribution in [-0.4, -0.2) is 18.8 Å². The Kier molecular flexibility index (Phi) is 2.69. The Hall–Kier alpha value is -0.670. The van der Waals surface area contributed by atoms with Crippen LogP contribution in [0.25, 0.3) is 0 Å². The zero-order valence-electron chi connectivity index (χ0n) is 9.42. The van der Waals surface area contributed by atoms with E-state index in [1.807, 2.05) is 0 Å². The summed E-state index contributed by atoms with van der Waals surface area (Å²) in [5.74, 6) is 0. The van der Waals surface area contributed by atoms with Crippen molar-refractivity contribution in [3.05, 3.63) is 28.2 Å². The van der Waals surface area contributed by atoms with Crippen LogP contribution in [0.4, 0.5) is 5.69 Å². The molecule has 1 aliphatic rings. The Morgan fingerprint density at radius 1 is 1.27 bits per heavy atom. The standard InChI is InChI=1S/C12H16BrN2/c1-4-15(5-2)12-7-6-10(13)8-11(12)9(3)14-15/h6-8H,4-5H2,1-3H3/q+1. The zero-order valence-corrected chi connectivity index (χ0v) is 11.0. The molecule has 0 atom stereocenters. The number of rotatable bonds is 2. The van der Waals surface area contributed by atoms with Crippen molar-refractivity contribution >= 4 is 27.3 Å². The smallest absolute Gasteiger partial charge is 0.166 e. The van der Waals surface area contributed by atoms with Crippen molar-refractivity contribution in [1.29, 1.82) is 0 Å². The molecule has 0 amide bonds. The minimum absolute atomic E-state index is 0.744. The molecule has 0 radical (unpaired) electrons. The number of hydrogen-bond acceptors (Lipinski definition) is 1. The second-order valence-corrected chi connectivity index (χ2v) is 4.82. The third-order valence-electron chi connectivity index (χ3n) is 3.18. The SMILES string of the molecule is CC[N+]1(CC)N=C(C)c2cc(Br)ccc21. The fourth-order valence-electron chi connectivity index (χ4n) is 2.26. The van der Waals surface area contributed by atoms with Crippen molar-refractivity contribution in [2.45, 2.75) is 20.8 Å². The Morgan fingerprint density at radius 3 is 2.53 bits per heavy atom. The van der Waals surface area contributed by atoms with Gasteiger partial charge in [0.15, 0.2) is 5.69 Å². The number of hydrogen-bond donors (Lipinski definition) is 0. The molecular formula is C12H16BrN2+. The maximum atomic E-state index is 4.80. The van der Waals surface area contributed by atoms with Crippen LogP contribution in [0.15, 0.2) is 27.8 Å². The highest BCUT2D eigenvalue weighted by Gasteiger charge is 2.36. The lowest BCUT2D eigenvalue weighted by Crippen LogP contribution is -2.41. The van der Waals surface area contributed by atoms with Gasteiger partial charge in [0.25, 0.3) is 0 Å². The van der Waals surface area contributed by atoms with Gasteiger partial charge in [-0.3, -0.25) is 0 Å². The molecule has 0 saturated heterocycles. The average molecular weight is 268 g/mol. The Bertz CT molecular complexity index is 420. The number of quaternary nitrogens is 1. The van der Waals surface area contributed by atoms with Gasteiger partial charge in [-0.1, -0.05) is 21.0 Å². The Morgan fingerprint density at radius 2 is 1.93 bits per heavy atom. The predicted octanol–water partition coefficient (Wildman–Crippen LogP) is 3.53. The highest BCUT2D eigenvalue weighted by molar-refractivity contribution is 9.10. The Labute approximate surface area is 99.3 Å². The molecule has 0 spiro atoms. The van der Waals surface area contributed by atoms with Crippen molar-refractivity contribution in [2.75, 3.05) is 13.1 Å². The summed E-state index contributed by atoms with van der Waals surface area (Å²) in [7, 11) is 0. The van der Waals surface area contributed by atoms with Gasteiger partial charge in [-0.2, -0.15) is 4.59 Å². The summed E-state index contributed by atoms with van der Waals surface area (Å²) in [5, 5.41) is 4.80. The lowest BCUT2D eigenvalue weighted by atomic mass is 10.1. The predicted molar refractivity (Wildman–Crippen MR) is 69.2 cm³/mol. The molecule has 0 saturated carbocycles. The molecule has 1 aromatic carbocycles. The van der Waals surface area contributed by atoms with Gasteiger partial charge in [0.05, 0.1) is 5.56 Å². The molecule has 0 unspecified atom stereocenters. The molecule has 0 N–H and O–H groups in total. The minimum atomic E-state index is 0.744. The summed E-state index contributed by atoms with van der Waals surface area (Å²) in [5.41, 5.74) is 3.77. The molecule has 0 fully saturated rings. The number of nitrogens with zero attached hydrogens (tertiary/aromatic N) is 2. The summed E-state index contributed by atoms with van der Waals surface area (Å²) in [4.78, 5) is 0. The lowest BCUT2D eigenvalue weighted by molar-refractivity contribution is 0.324. The third-order valence-corrected chi connectivity index (χ3v) is 3.68. The second kappa shape index (κ2) is 3.72. The van der Waals surface area contributed by atoms with Gasteiger partial charge < -0.3 is 0 Å². The van der Waals surface area contributed by atoms with Crippen LogP contribution < -0.4 is 4.59 Å². The van der Waals surface area contributed by atoms with E-state index in [4.69, 9.17) is 5.10 Å². The molecule has 2 rings (SSSR count). The number of benzene rings is 1. The molecule has 1 aliphatic heterocycles. The molecule has 80 valence electrons. The van der Waals surface area contributed by atoms with Gasteiger partial charge in [0.1, 0.15) is 18.8 Å². The fraction of sp³-hybridized carbons (Fsp3) is 0.417. The maximum Gasteiger partial charge on any atom is 0.168 e. The van der Waals surface area contributed by atoms with Gasteiger partial charge in [-0.25, -0.2) is 0 Å². The summed E-state index contributed by atoms with van der Waals surface area (Å²) >= 11 is 3.51. The van der Waals surface area contributed by atoms with Crippen LogP contribution in [-0.2, 0) is 0 Å². The van der Waals surface area contributed by atoms with Crippen LogP contribution in [0.1, 0.15) is 26.3 Å². The monoisotopic (exact) mass is 267 g/mol. The largest absolute Gasteiger partial charge is 0.168 e. The van der Waals surface area contributed by atoms with Crippen molar-refractivity contribution in [3.63, 3.8) is 0 Å². The molecular weight excluding hydrogens is 252 g/mol. The lowest BCUT2D eigenvalue weighted by Gasteiger charge is -2.26. The topological polar surface area (TPSA) is 12.4 Å². The van der Waals surface area contributed by atoms with Crippen LogP contribution in [0, 0.1) is 0 Å². The molecule has 3 heteroatoms. The average Bonchev–Trinajstić information content (AvgIpc) is 2.52. The quantitative estimate of drug-likeness (QED) is 0.727. The molecule has 0 aliphatic carbocycles. The van der Waals surface area contributed by atoms with Gasteiger partial charge >= 0.3 is 0 Å². The van der Waals surface area contributed by atoms with E-state index < -0.39 is 0 Å². The second-order valence-electron chi connectivity index (χ2n) is 3.90. The van der Waals surface area contributed by atoms with E-state index in [1.54, 1.807) is 0 Å². The highest BCUT2D eigenvalue weighted by atomic mass is 79.9. The maximum absolute atomic E-state index is 4.80. The minimum Gasteiger partial charge on any atom is -0.166 e. The van der Waals surface area contributed by atoms with E-state index in [9.17, 15) is 0 Å². The third kappa shape index (κ3) is 1.54. The van der Waals surface area contributed by atoms with Gasteiger partial charge in [0.2, 0.25) is 0 Å². The van der Waals surface area contributed by atoms with Crippen molar-refractivity contribution in [2.24, 2.45) is 5.10 Å². The highest BCUT2D eigenvalue weighted by Crippen LogP contribution is 2.36. The first kappa shape index (κ1) is 10.8. The van der Waals surface area contributed by atoms with Gasteiger partial charge in [-0.05, 0) is 32.9 Å². The van der Waals surface area contributed by atoms with Gasteiger partial charge in [-0.15, -0.1) is 0 Å². The van der Waals surface area contributed by atoms with Crippen LogP contribution >= 0.6 is 15.9 Å². The van der Waals surface area contributed by atoms with Crippen molar-refractivity contribution in [3.8, 4) is 0 Å². The van der Waals surface area contributed by atoms with E-state index >= 15 is 0 Å². The van der Waals surface area contributed by atoms with E-state index in [0.29, 0.717) is 0 Å². The number of fused-ring (bicyclic) bond motifs is 1. The zero-order chi connectivity index (χ0) is 11.1.